The van der Waals surface area contributed by atoms with Gasteiger partial charge in [0.05, 0.1) is 4.88 Å². The Kier molecular flexibility index (Phi) is 3.05. The van der Waals surface area contributed by atoms with E-state index in [1.165, 1.54) is 23.5 Å². The maximum absolute atomic E-state index is 11.9. The third-order valence-corrected chi connectivity index (χ3v) is 3.03. The average molecular weight is 258 g/mol. The van der Waals surface area contributed by atoms with Crippen molar-refractivity contribution in [3.63, 3.8) is 0 Å². The van der Waals surface area contributed by atoms with Crippen LogP contribution in [-0.4, -0.2) is 10.8 Å². The molecule has 0 spiro atoms. The Balaban J connectivity index is 2.42. The number of halogens is 2. The second-order valence-electron chi connectivity index (χ2n) is 2.81. The van der Waals surface area contributed by atoms with Crippen molar-refractivity contribution in [3.05, 3.63) is 50.4 Å². The summed E-state index contributed by atoms with van der Waals surface area (Å²) < 4.78 is 0. The maximum atomic E-state index is 11.9. The first-order chi connectivity index (χ1) is 7.16. The van der Waals surface area contributed by atoms with Crippen molar-refractivity contribution in [1.82, 2.24) is 4.98 Å². The molecule has 2 aromatic rings. The number of nitrogens with zero attached hydrogens (tertiary/aromatic N) is 1. The maximum Gasteiger partial charge on any atom is 0.203 e. The first-order valence-electron chi connectivity index (χ1n) is 4.08. The van der Waals surface area contributed by atoms with Crippen LogP contribution in [0.1, 0.15) is 15.2 Å². The summed E-state index contributed by atoms with van der Waals surface area (Å²) in [6.07, 6.45) is 0. The fourth-order valence-electron chi connectivity index (χ4n) is 1.15. The first-order valence-corrected chi connectivity index (χ1v) is 5.71. The number of aromatic nitrogens is 1. The Morgan fingerprint density at radius 2 is 1.93 bits per heavy atom. The molecule has 0 aromatic carbocycles. The zero-order valence-electron chi connectivity index (χ0n) is 7.41. The zero-order chi connectivity index (χ0) is 10.8. The molecular formula is C10H5Cl2NOS. The van der Waals surface area contributed by atoms with Crippen LogP contribution in [-0.2, 0) is 0 Å². The SMILES string of the molecule is O=C(c1cc(Cl)nc(Cl)c1)c1cccs1. The highest BCUT2D eigenvalue weighted by atomic mass is 35.5. The van der Waals surface area contributed by atoms with Gasteiger partial charge in [0.15, 0.2) is 0 Å². The molecule has 2 aromatic heterocycles. The molecule has 0 aliphatic carbocycles. The van der Waals surface area contributed by atoms with Gasteiger partial charge in [-0.25, -0.2) is 4.98 Å². The molecule has 0 saturated heterocycles. The number of ketones is 1. The van der Waals surface area contributed by atoms with Crippen LogP contribution < -0.4 is 0 Å². The summed E-state index contributed by atoms with van der Waals surface area (Å²) in [6, 6.07) is 6.60. The van der Waals surface area contributed by atoms with E-state index in [0.29, 0.717) is 10.4 Å². The first kappa shape index (κ1) is 10.6. The lowest BCUT2D eigenvalue weighted by Gasteiger charge is -1.99. The van der Waals surface area contributed by atoms with E-state index in [1.54, 1.807) is 6.07 Å². The van der Waals surface area contributed by atoms with Crippen molar-refractivity contribution >= 4 is 40.3 Å². The van der Waals surface area contributed by atoms with Crippen LogP contribution in [0.5, 0.6) is 0 Å². The Bertz CT molecular complexity index is 476. The van der Waals surface area contributed by atoms with Gasteiger partial charge in [0.25, 0.3) is 0 Å². The van der Waals surface area contributed by atoms with Crippen LogP contribution in [0, 0.1) is 0 Å². The van der Waals surface area contributed by atoms with Crippen molar-refractivity contribution in [2.75, 3.05) is 0 Å². The molecule has 2 heterocycles. The van der Waals surface area contributed by atoms with Gasteiger partial charge in [-0.3, -0.25) is 4.79 Å². The second-order valence-corrected chi connectivity index (χ2v) is 4.53. The fraction of sp³-hybridized carbons (Fsp3) is 0. The topological polar surface area (TPSA) is 30.0 Å². The summed E-state index contributed by atoms with van der Waals surface area (Å²) in [4.78, 5) is 16.3. The van der Waals surface area contributed by atoms with E-state index in [9.17, 15) is 4.79 Å². The summed E-state index contributed by atoms with van der Waals surface area (Å²) in [7, 11) is 0. The van der Waals surface area contributed by atoms with Gasteiger partial charge in [0.1, 0.15) is 10.3 Å². The molecule has 15 heavy (non-hydrogen) atoms. The quantitative estimate of drug-likeness (QED) is 0.607. The molecule has 2 nitrogen and oxygen atoms in total. The van der Waals surface area contributed by atoms with Gasteiger partial charge in [0.2, 0.25) is 5.78 Å². The van der Waals surface area contributed by atoms with Crippen molar-refractivity contribution in [2.24, 2.45) is 0 Å². The molecule has 0 aliphatic rings. The molecule has 76 valence electrons. The number of rotatable bonds is 2. The van der Waals surface area contributed by atoms with Crippen LogP contribution >= 0.6 is 34.5 Å². The lowest BCUT2D eigenvalue weighted by atomic mass is 10.1. The Labute approximate surface area is 100 Å². The van der Waals surface area contributed by atoms with Gasteiger partial charge in [-0.2, -0.15) is 0 Å². The van der Waals surface area contributed by atoms with E-state index in [0.717, 1.165) is 0 Å². The third-order valence-electron chi connectivity index (χ3n) is 1.77. The molecule has 0 atom stereocenters. The Hall–Kier alpha value is -0.900. The molecule has 0 saturated carbocycles. The summed E-state index contributed by atoms with van der Waals surface area (Å²) in [5.74, 6) is -0.0869. The molecule has 2 rings (SSSR count). The standard InChI is InChI=1S/C10H5Cl2NOS/c11-8-4-6(5-9(12)13-8)10(14)7-2-1-3-15-7/h1-5H. The van der Waals surface area contributed by atoms with E-state index >= 15 is 0 Å². The Morgan fingerprint density at radius 3 is 2.47 bits per heavy atom. The normalized spacial score (nSPS) is 10.3. The molecular weight excluding hydrogens is 253 g/mol. The summed E-state index contributed by atoms with van der Waals surface area (Å²) in [6.45, 7) is 0. The molecule has 0 fully saturated rings. The summed E-state index contributed by atoms with van der Waals surface area (Å²) in [5, 5.41) is 2.29. The molecule has 0 N–H and O–H groups in total. The number of pyridine rings is 1. The molecule has 0 aliphatic heterocycles. The van der Waals surface area contributed by atoms with E-state index in [1.807, 2.05) is 11.4 Å². The minimum absolute atomic E-state index is 0.0869. The smallest absolute Gasteiger partial charge is 0.203 e. The molecule has 5 heteroatoms. The zero-order valence-corrected chi connectivity index (χ0v) is 9.73. The van der Waals surface area contributed by atoms with Gasteiger partial charge in [-0.05, 0) is 23.6 Å². The van der Waals surface area contributed by atoms with E-state index in [4.69, 9.17) is 23.2 Å². The summed E-state index contributed by atoms with van der Waals surface area (Å²) in [5.41, 5.74) is 0.461. The molecule has 0 radical (unpaired) electrons. The Morgan fingerprint density at radius 1 is 1.27 bits per heavy atom. The number of carbonyl (C=O) groups excluding carboxylic acids is 1. The predicted molar refractivity (Wildman–Crippen MR) is 62.0 cm³/mol. The summed E-state index contributed by atoms with van der Waals surface area (Å²) >= 11 is 12.8. The van der Waals surface area contributed by atoms with Gasteiger partial charge in [-0.1, -0.05) is 29.3 Å². The highest BCUT2D eigenvalue weighted by Gasteiger charge is 2.11. The van der Waals surface area contributed by atoms with Gasteiger partial charge < -0.3 is 0 Å². The largest absolute Gasteiger partial charge is 0.288 e. The predicted octanol–water partition coefficient (Wildman–Crippen LogP) is 3.68. The number of hydrogen-bond acceptors (Lipinski definition) is 3. The van der Waals surface area contributed by atoms with Gasteiger partial charge in [-0.15, -0.1) is 11.3 Å². The molecule has 0 unspecified atom stereocenters. The highest BCUT2D eigenvalue weighted by molar-refractivity contribution is 7.12. The number of hydrogen-bond donors (Lipinski definition) is 0. The minimum atomic E-state index is -0.0869. The van der Waals surface area contributed by atoms with Gasteiger partial charge >= 0.3 is 0 Å². The monoisotopic (exact) mass is 257 g/mol. The van der Waals surface area contributed by atoms with Crippen molar-refractivity contribution < 1.29 is 4.79 Å². The van der Waals surface area contributed by atoms with E-state index in [-0.39, 0.29) is 16.1 Å². The van der Waals surface area contributed by atoms with Crippen molar-refractivity contribution in [1.29, 1.82) is 0 Å². The molecule has 0 bridgehead atoms. The highest BCUT2D eigenvalue weighted by Crippen LogP contribution is 2.19. The third kappa shape index (κ3) is 2.37. The lowest BCUT2D eigenvalue weighted by molar-refractivity contribution is 0.104. The van der Waals surface area contributed by atoms with Crippen LogP contribution in [0.25, 0.3) is 0 Å². The number of thiophene rings is 1. The van der Waals surface area contributed by atoms with Crippen molar-refractivity contribution in [2.45, 2.75) is 0 Å². The fourth-order valence-corrected chi connectivity index (χ4v) is 2.29. The van der Waals surface area contributed by atoms with E-state index in [2.05, 4.69) is 4.98 Å². The molecule has 0 amide bonds. The minimum Gasteiger partial charge on any atom is -0.288 e. The van der Waals surface area contributed by atoms with Crippen LogP contribution in [0.15, 0.2) is 29.6 Å². The van der Waals surface area contributed by atoms with Crippen molar-refractivity contribution in [3.8, 4) is 0 Å². The van der Waals surface area contributed by atoms with Gasteiger partial charge in [0, 0.05) is 5.56 Å². The van der Waals surface area contributed by atoms with Crippen LogP contribution in [0.4, 0.5) is 0 Å². The number of carbonyl (C=O) groups is 1. The average Bonchev–Trinajstić information content (AvgIpc) is 2.67. The van der Waals surface area contributed by atoms with E-state index < -0.39 is 0 Å². The second kappa shape index (κ2) is 4.31. The van der Waals surface area contributed by atoms with Crippen LogP contribution in [0.3, 0.4) is 0 Å². The van der Waals surface area contributed by atoms with Crippen LogP contribution in [0.2, 0.25) is 10.3 Å². The lowest BCUT2D eigenvalue weighted by Crippen LogP contribution is -1.99.